The SMILES string of the molecule is COc1cc2c(c(O)c1C)C(=O)C1=C(C=C(C)OC1OC)C2=O. The van der Waals surface area contributed by atoms with Crippen molar-refractivity contribution in [1.29, 1.82) is 0 Å². The van der Waals surface area contributed by atoms with Crippen LogP contribution in [0.1, 0.15) is 33.2 Å². The van der Waals surface area contributed by atoms with Crippen LogP contribution >= 0.6 is 0 Å². The van der Waals surface area contributed by atoms with Gasteiger partial charge in [-0.25, -0.2) is 0 Å². The van der Waals surface area contributed by atoms with E-state index in [4.69, 9.17) is 14.2 Å². The van der Waals surface area contributed by atoms with Crippen LogP contribution in [0.5, 0.6) is 11.5 Å². The van der Waals surface area contributed by atoms with Crippen LogP contribution in [-0.4, -0.2) is 37.2 Å². The third kappa shape index (κ3) is 2.06. The first-order valence-electron chi connectivity index (χ1n) is 7.02. The van der Waals surface area contributed by atoms with Gasteiger partial charge in [-0.15, -0.1) is 0 Å². The summed E-state index contributed by atoms with van der Waals surface area (Å²) in [6.45, 7) is 3.29. The van der Waals surface area contributed by atoms with Gasteiger partial charge in [0.1, 0.15) is 11.5 Å². The standard InChI is InChI=1S/C17H16O6/c1-7-5-9-13(17(22-4)23-7)16(20)12-10(15(9)19)6-11(21-3)8(2)14(12)18/h5-6,17-18H,1-4H3. The number of methoxy groups -OCH3 is 2. The van der Waals surface area contributed by atoms with Crippen molar-refractivity contribution in [2.45, 2.75) is 20.1 Å². The molecule has 1 aromatic rings. The van der Waals surface area contributed by atoms with Gasteiger partial charge in [-0.3, -0.25) is 9.59 Å². The predicted octanol–water partition coefficient (Wildman–Crippen LogP) is 2.29. The number of benzene rings is 1. The Balaban J connectivity index is 2.30. The van der Waals surface area contributed by atoms with Crippen molar-refractivity contribution in [3.05, 3.63) is 45.7 Å². The fourth-order valence-corrected chi connectivity index (χ4v) is 2.90. The van der Waals surface area contributed by atoms with Crippen LogP contribution in [0.3, 0.4) is 0 Å². The topological polar surface area (TPSA) is 82.1 Å². The molecule has 1 heterocycles. The van der Waals surface area contributed by atoms with E-state index in [1.165, 1.54) is 26.4 Å². The molecule has 0 spiro atoms. The van der Waals surface area contributed by atoms with E-state index in [9.17, 15) is 14.7 Å². The molecule has 6 nitrogen and oxygen atoms in total. The number of phenols is 1. The van der Waals surface area contributed by atoms with Crippen LogP contribution in [0.4, 0.5) is 0 Å². The van der Waals surface area contributed by atoms with E-state index in [1.54, 1.807) is 13.8 Å². The monoisotopic (exact) mass is 316 g/mol. The second-order valence-corrected chi connectivity index (χ2v) is 5.40. The van der Waals surface area contributed by atoms with Crippen LogP contribution < -0.4 is 4.74 Å². The maximum atomic E-state index is 12.8. The van der Waals surface area contributed by atoms with Crippen LogP contribution in [0, 0.1) is 6.92 Å². The molecule has 120 valence electrons. The molecule has 1 aromatic carbocycles. The zero-order valence-electron chi connectivity index (χ0n) is 13.2. The summed E-state index contributed by atoms with van der Waals surface area (Å²) >= 11 is 0. The number of Topliss-reactive ketones (excluding diaryl/α,β-unsaturated/α-hetero) is 2. The van der Waals surface area contributed by atoms with E-state index in [-0.39, 0.29) is 33.8 Å². The van der Waals surface area contributed by atoms with Gasteiger partial charge in [0.25, 0.3) is 0 Å². The van der Waals surface area contributed by atoms with Gasteiger partial charge >= 0.3 is 0 Å². The third-order valence-corrected chi connectivity index (χ3v) is 4.07. The number of aromatic hydroxyl groups is 1. The van der Waals surface area contributed by atoms with Gasteiger partial charge < -0.3 is 19.3 Å². The number of allylic oxidation sites excluding steroid dienone is 3. The highest BCUT2D eigenvalue weighted by atomic mass is 16.7. The molecule has 3 rings (SSSR count). The van der Waals surface area contributed by atoms with Gasteiger partial charge in [0, 0.05) is 23.8 Å². The summed E-state index contributed by atoms with van der Waals surface area (Å²) in [4.78, 5) is 25.6. The number of ether oxygens (including phenoxy) is 3. The summed E-state index contributed by atoms with van der Waals surface area (Å²) in [5, 5.41) is 10.4. The van der Waals surface area contributed by atoms with Crippen molar-refractivity contribution in [3.63, 3.8) is 0 Å². The van der Waals surface area contributed by atoms with Crippen molar-refractivity contribution in [2.24, 2.45) is 0 Å². The Bertz CT molecular complexity index is 800. The molecule has 1 aliphatic carbocycles. The summed E-state index contributed by atoms with van der Waals surface area (Å²) in [6.07, 6.45) is 0.540. The number of hydrogen-bond acceptors (Lipinski definition) is 6. The van der Waals surface area contributed by atoms with Crippen LogP contribution in [-0.2, 0) is 9.47 Å². The Hall–Kier alpha value is -2.60. The molecule has 0 bridgehead atoms. The van der Waals surface area contributed by atoms with E-state index < -0.39 is 12.1 Å². The van der Waals surface area contributed by atoms with Gasteiger partial charge in [-0.05, 0) is 26.0 Å². The average Bonchev–Trinajstić information content (AvgIpc) is 2.53. The number of carbonyl (C=O) groups excluding carboxylic acids is 2. The Morgan fingerprint density at radius 1 is 1.17 bits per heavy atom. The second kappa shape index (κ2) is 5.24. The number of phenolic OH excluding ortho intramolecular Hbond substituents is 1. The molecule has 0 aromatic heterocycles. The van der Waals surface area contributed by atoms with E-state index in [1.807, 2.05) is 0 Å². The van der Waals surface area contributed by atoms with Crippen molar-refractivity contribution in [2.75, 3.05) is 14.2 Å². The lowest BCUT2D eigenvalue weighted by Gasteiger charge is -2.30. The number of ketones is 2. The zero-order chi connectivity index (χ0) is 16.9. The van der Waals surface area contributed by atoms with Crippen LogP contribution in [0.2, 0.25) is 0 Å². The number of carbonyl (C=O) groups is 2. The molecular formula is C17H16O6. The van der Waals surface area contributed by atoms with E-state index >= 15 is 0 Å². The Morgan fingerprint density at radius 3 is 2.48 bits per heavy atom. The molecule has 2 aliphatic rings. The molecular weight excluding hydrogens is 300 g/mol. The van der Waals surface area contributed by atoms with Gasteiger partial charge in [-0.2, -0.15) is 0 Å². The third-order valence-electron chi connectivity index (χ3n) is 4.07. The maximum Gasteiger partial charge on any atom is 0.230 e. The minimum absolute atomic E-state index is 0.0364. The molecule has 0 saturated carbocycles. The number of fused-ring (bicyclic) bond motifs is 1. The quantitative estimate of drug-likeness (QED) is 0.901. The highest BCUT2D eigenvalue weighted by Gasteiger charge is 2.41. The highest BCUT2D eigenvalue weighted by molar-refractivity contribution is 6.29. The Morgan fingerprint density at radius 2 is 1.87 bits per heavy atom. The lowest BCUT2D eigenvalue weighted by Crippen LogP contribution is -2.33. The van der Waals surface area contributed by atoms with E-state index in [0.717, 1.165) is 0 Å². The lowest BCUT2D eigenvalue weighted by atomic mass is 9.81. The number of rotatable bonds is 2. The van der Waals surface area contributed by atoms with Gasteiger partial charge in [0.05, 0.1) is 24.0 Å². The minimum Gasteiger partial charge on any atom is -0.507 e. The molecule has 1 N–H and O–H groups in total. The van der Waals surface area contributed by atoms with E-state index in [2.05, 4.69) is 0 Å². The first kappa shape index (κ1) is 15.3. The Labute approximate surface area is 133 Å². The summed E-state index contributed by atoms with van der Waals surface area (Å²) < 4.78 is 15.8. The van der Waals surface area contributed by atoms with Gasteiger partial charge in [-0.1, -0.05) is 0 Å². The molecule has 6 heteroatoms. The van der Waals surface area contributed by atoms with E-state index in [0.29, 0.717) is 17.1 Å². The van der Waals surface area contributed by atoms with Crippen LogP contribution in [0.25, 0.3) is 0 Å². The lowest BCUT2D eigenvalue weighted by molar-refractivity contribution is -0.0679. The average molecular weight is 316 g/mol. The Kier molecular flexibility index (Phi) is 3.49. The molecule has 1 unspecified atom stereocenters. The van der Waals surface area contributed by atoms with Crippen molar-refractivity contribution in [3.8, 4) is 11.5 Å². The molecule has 1 aliphatic heterocycles. The largest absolute Gasteiger partial charge is 0.507 e. The molecule has 0 saturated heterocycles. The van der Waals surface area contributed by atoms with Crippen molar-refractivity contribution >= 4 is 11.6 Å². The van der Waals surface area contributed by atoms with Crippen LogP contribution in [0.15, 0.2) is 29.0 Å². The summed E-state index contributed by atoms with van der Waals surface area (Å²) in [5.74, 6) is -0.280. The minimum atomic E-state index is -0.971. The van der Waals surface area contributed by atoms with Gasteiger partial charge in [0.15, 0.2) is 5.78 Å². The molecule has 1 atom stereocenters. The fourth-order valence-electron chi connectivity index (χ4n) is 2.90. The summed E-state index contributed by atoms with van der Waals surface area (Å²) in [5.41, 5.74) is 0.813. The summed E-state index contributed by atoms with van der Waals surface area (Å²) in [7, 11) is 2.83. The molecule has 0 radical (unpaired) electrons. The smallest absolute Gasteiger partial charge is 0.230 e. The molecule has 0 fully saturated rings. The summed E-state index contributed by atoms with van der Waals surface area (Å²) in [6, 6.07) is 1.48. The second-order valence-electron chi connectivity index (χ2n) is 5.40. The maximum absolute atomic E-state index is 12.8. The molecule has 23 heavy (non-hydrogen) atoms. The highest BCUT2D eigenvalue weighted by Crippen LogP contribution is 2.41. The fraction of sp³-hybridized carbons (Fsp3) is 0.294. The zero-order valence-corrected chi connectivity index (χ0v) is 13.2. The van der Waals surface area contributed by atoms with Gasteiger partial charge in [0.2, 0.25) is 12.1 Å². The van der Waals surface area contributed by atoms with Crippen molar-refractivity contribution in [1.82, 2.24) is 0 Å². The predicted molar refractivity (Wildman–Crippen MR) is 80.7 cm³/mol. The number of hydrogen-bond donors (Lipinski definition) is 1. The first-order valence-corrected chi connectivity index (χ1v) is 7.02. The van der Waals surface area contributed by atoms with Crippen molar-refractivity contribution < 1.29 is 28.9 Å². The normalized spacial score (nSPS) is 19.8. The first-order chi connectivity index (χ1) is 10.9. The molecule has 0 amide bonds.